The second-order valence-electron chi connectivity index (χ2n) is 6.32. The van der Waals surface area contributed by atoms with E-state index in [0.29, 0.717) is 18.2 Å². The summed E-state index contributed by atoms with van der Waals surface area (Å²) in [6.45, 7) is 7.82. The Morgan fingerprint density at radius 3 is 2.83 bits per heavy atom. The molecule has 0 aliphatic carbocycles. The predicted octanol–water partition coefficient (Wildman–Crippen LogP) is 2.73. The maximum Gasteiger partial charge on any atom is 0.419 e. The fourth-order valence-corrected chi connectivity index (χ4v) is 2.85. The number of aryl methyl sites for hydroxylation is 2. The van der Waals surface area contributed by atoms with Crippen molar-refractivity contribution in [3.63, 3.8) is 0 Å². The lowest BCUT2D eigenvalue weighted by atomic mass is 10.1. The Bertz CT molecular complexity index is 861. The molecule has 0 saturated heterocycles. The molecule has 0 radical (unpaired) electrons. The van der Waals surface area contributed by atoms with Gasteiger partial charge in [0.05, 0.1) is 17.8 Å². The molecule has 0 bridgehead atoms. The van der Waals surface area contributed by atoms with E-state index in [1.54, 1.807) is 4.57 Å². The van der Waals surface area contributed by atoms with E-state index in [9.17, 15) is 4.79 Å². The molecule has 1 aromatic carbocycles. The topological polar surface area (TPSA) is 65.0 Å². The highest BCUT2D eigenvalue weighted by Crippen LogP contribution is 2.13. The molecule has 6 heteroatoms. The van der Waals surface area contributed by atoms with Crippen molar-refractivity contribution in [3.8, 4) is 0 Å². The molecule has 0 saturated carbocycles. The monoisotopic (exact) mass is 328 g/mol. The Morgan fingerprint density at radius 1 is 1.29 bits per heavy atom. The van der Waals surface area contributed by atoms with Gasteiger partial charge in [0.1, 0.15) is 0 Å². The third kappa shape index (κ3) is 3.43. The van der Waals surface area contributed by atoms with Crippen molar-refractivity contribution in [2.45, 2.75) is 45.8 Å². The van der Waals surface area contributed by atoms with E-state index in [1.165, 1.54) is 5.56 Å². The summed E-state index contributed by atoms with van der Waals surface area (Å²) < 4.78 is 8.93. The zero-order valence-corrected chi connectivity index (χ0v) is 14.4. The first-order chi connectivity index (χ1) is 11.6. The summed E-state index contributed by atoms with van der Waals surface area (Å²) in [5, 5.41) is 7.88. The van der Waals surface area contributed by atoms with Gasteiger partial charge in [-0.15, -0.1) is 0 Å². The zero-order chi connectivity index (χ0) is 17.1. The van der Waals surface area contributed by atoms with E-state index in [4.69, 9.17) is 4.42 Å². The molecule has 2 heterocycles. The van der Waals surface area contributed by atoms with Crippen LogP contribution in [0, 0.1) is 6.92 Å². The normalized spacial score (nSPS) is 14.1. The van der Waals surface area contributed by atoms with Gasteiger partial charge in [-0.25, -0.2) is 4.79 Å². The number of benzene rings is 1. The number of nitrogens with zero attached hydrogens (tertiary/aromatic N) is 3. The van der Waals surface area contributed by atoms with Gasteiger partial charge in [-0.05, 0) is 51.4 Å². The van der Waals surface area contributed by atoms with Crippen molar-refractivity contribution in [1.29, 1.82) is 0 Å². The van der Waals surface area contributed by atoms with Crippen molar-refractivity contribution in [2.75, 3.05) is 6.54 Å². The SMILES string of the molecule is Cc1cnn([C@H](C)[C@H](C)NCCCn2c(=O)oc3ccccc32)c1. The summed E-state index contributed by atoms with van der Waals surface area (Å²) in [7, 11) is 0. The summed E-state index contributed by atoms with van der Waals surface area (Å²) in [5.74, 6) is -0.287. The van der Waals surface area contributed by atoms with E-state index >= 15 is 0 Å². The predicted molar refractivity (Wildman–Crippen MR) is 94.2 cm³/mol. The van der Waals surface area contributed by atoms with E-state index in [0.717, 1.165) is 18.5 Å². The lowest BCUT2D eigenvalue weighted by Crippen LogP contribution is -2.35. The van der Waals surface area contributed by atoms with Crippen LogP contribution in [0.1, 0.15) is 31.9 Å². The van der Waals surface area contributed by atoms with Gasteiger partial charge in [-0.2, -0.15) is 5.10 Å². The molecule has 3 aromatic rings. The molecule has 3 rings (SSSR count). The van der Waals surface area contributed by atoms with Crippen molar-refractivity contribution in [3.05, 3.63) is 52.8 Å². The molecule has 128 valence electrons. The van der Waals surface area contributed by atoms with Crippen LogP contribution in [0.25, 0.3) is 11.1 Å². The lowest BCUT2D eigenvalue weighted by Gasteiger charge is -2.21. The number of nitrogens with one attached hydrogen (secondary N) is 1. The van der Waals surface area contributed by atoms with E-state index < -0.39 is 0 Å². The highest BCUT2D eigenvalue weighted by molar-refractivity contribution is 5.72. The van der Waals surface area contributed by atoms with Gasteiger partial charge >= 0.3 is 5.76 Å². The summed E-state index contributed by atoms with van der Waals surface area (Å²) >= 11 is 0. The second kappa shape index (κ2) is 7.05. The number of rotatable bonds is 7. The standard InChI is InChI=1S/C18H24N4O2/c1-13-11-20-22(12-13)15(3)14(2)19-9-6-10-21-16-7-4-5-8-17(16)24-18(21)23/h4-5,7-8,11-12,14-15,19H,6,9-10H2,1-3H3/t14-,15+/m0/s1. The Kier molecular flexibility index (Phi) is 4.85. The fraction of sp³-hybridized carbons (Fsp3) is 0.444. The Morgan fingerprint density at radius 2 is 2.08 bits per heavy atom. The van der Waals surface area contributed by atoms with Gasteiger partial charge in [0.2, 0.25) is 0 Å². The quantitative estimate of drug-likeness (QED) is 0.677. The highest BCUT2D eigenvalue weighted by atomic mass is 16.4. The van der Waals surface area contributed by atoms with Gasteiger partial charge in [-0.3, -0.25) is 9.25 Å². The third-order valence-electron chi connectivity index (χ3n) is 4.47. The van der Waals surface area contributed by atoms with Crippen LogP contribution in [-0.2, 0) is 6.54 Å². The fourth-order valence-electron chi connectivity index (χ4n) is 2.85. The summed E-state index contributed by atoms with van der Waals surface area (Å²) in [6, 6.07) is 8.09. The van der Waals surface area contributed by atoms with Gasteiger partial charge in [-0.1, -0.05) is 12.1 Å². The lowest BCUT2D eigenvalue weighted by molar-refractivity contribution is 0.361. The Labute approximate surface area is 141 Å². The number of oxazole rings is 1. The summed E-state index contributed by atoms with van der Waals surface area (Å²) in [5.41, 5.74) is 2.67. The number of hydrogen-bond acceptors (Lipinski definition) is 4. The first kappa shape index (κ1) is 16.5. The van der Waals surface area contributed by atoms with E-state index in [2.05, 4.69) is 30.5 Å². The minimum Gasteiger partial charge on any atom is -0.408 e. The molecular formula is C18H24N4O2. The number of fused-ring (bicyclic) bond motifs is 1. The van der Waals surface area contributed by atoms with Gasteiger partial charge in [0, 0.05) is 18.8 Å². The van der Waals surface area contributed by atoms with Crippen molar-refractivity contribution < 1.29 is 4.42 Å². The van der Waals surface area contributed by atoms with Gasteiger partial charge < -0.3 is 9.73 Å². The second-order valence-corrected chi connectivity index (χ2v) is 6.32. The maximum atomic E-state index is 11.9. The van der Waals surface area contributed by atoms with Crippen molar-refractivity contribution in [2.24, 2.45) is 0 Å². The average molecular weight is 328 g/mol. The molecule has 6 nitrogen and oxygen atoms in total. The maximum absolute atomic E-state index is 11.9. The first-order valence-corrected chi connectivity index (χ1v) is 8.39. The molecule has 0 unspecified atom stereocenters. The van der Waals surface area contributed by atoms with E-state index in [1.807, 2.05) is 42.1 Å². The van der Waals surface area contributed by atoms with Crippen molar-refractivity contribution >= 4 is 11.1 Å². The van der Waals surface area contributed by atoms with Crippen LogP contribution in [0.2, 0.25) is 0 Å². The van der Waals surface area contributed by atoms with Crippen LogP contribution in [-0.4, -0.2) is 26.9 Å². The average Bonchev–Trinajstić information content (AvgIpc) is 3.14. The third-order valence-corrected chi connectivity index (χ3v) is 4.47. The molecule has 2 aromatic heterocycles. The minimum absolute atomic E-state index is 0.274. The van der Waals surface area contributed by atoms with Crippen LogP contribution < -0.4 is 11.1 Å². The van der Waals surface area contributed by atoms with Crippen molar-refractivity contribution in [1.82, 2.24) is 19.7 Å². The van der Waals surface area contributed by atoms with Crippen LogP contribution in [0.5, 0.6) is 0 Å². The molecule has 2 atom stereocenters. The molecule has 0 aliphatic heterocycles. The first-order valence-electron chi connectivity index (χ1n) is 8.39. The van der Waals surface area contributed by atoms with Gasteiger partial charge in [0.25, 0.3) is 0 Å². The van der Waals surface area contributed by atoms with Crippen LogP contribution >= 0.6 is 0 Å². The zero-order valence-electron chi connectivity index (χ0n) is 14.4. The largest absolute Gasteiger partial charge is 0.419 e. The molecule has 0 fully saturated rings. The highest BCUT2D eigenvalue weighted by Gasteiger charge is 2.14. The van der Waals surface area contributed by atoms with Gasteiger partial charge in [0.15, 0.2) is 5.58 Å². The number of para-hydroxylation sites is 2. The molecule has 0 spiro atoms. The summed E-state index contributed by atoms with van der Waals surface area (Å²) in [4.78, 5) is 11.9. The molecule has 1 N–H and O–H groups in total. The number of aromatic nitrogens is 3. The smallest absolute Gasteiger partial charge is 0.408 e. The van der Waals surface area contributed by atoms with Crippen LogP contribution in [0.15, 0.2) is 45.9 Å². The molecule has 24 heavy (non-hydrogen) atoms. The Balaban J connectivity index is 1.53. The van der Waals surface area contributed by atoms with E-state index in [-0.39, 0.29) is 11.8 Å². The molecule has 0 amide bonds. The van der Waals surface area contributed by atoms with Crippen LogP contribution in [0.4, 0.5) is 0 Å². The Hall–Kier alpha value is -2.34. The van der Waals surface area contributed by atoms with Crippen LogP contribution in [0.3, 0.4) is 0 Å². The molecule has 0 aliphatic rings. The summed E-state index contributed by atoms with van der Waals surface area (Å²) in [6.07, 6.45) is 4.79. The molecular weight excluding hydrogens is 304 g/mol. The number of hydrogen-bond donors (Lipinski definition) is 1. The minimum atomic E-state index is -0.287.